The lowest BCUT2D eigenvalue weighted by Crippen LogP contribution is -2.56. The molecule has 0 unspecified atom stereocenters. The Morgan fingerprint density at radius 1 is 1.19 bits per heavy atom. The Labute approximate surface area is 127 Å². The molecule has 0 aromatic carbocycles. The molecule has 120 valence electrons. The molecular weight excluding hydrogens is 268 g/mol. The first-order valence-corrected chi connectivity index (χ1v) is 8.35. The van der Waals surface area contributed by atoms with Gasteiger partial charge in [-0.2, -0.15) is 0 Å². The molecule has 2 heterocycles. The molecule has 21 heavy (non-hydrogen) atoms. The van der Waals surface area contributed by atoms with Gasteiger partial charge in [-0.25, -0.2) is 0 Å². The zero-order valence-corrected chi connectivity index (χ0v) is 13.0. The monoisotopic (exact) mass is 296 g/mol. The van der Waals surface area contributed by atoms with Crippen LogP contribution in [-0.2, 0) is 14.3 Å². The van der Waals surface area contributed by atoms with Crippen LogP contribution in [0.15, 0.2) is 0 Å². The van der Waals surface area contributed by atoms with Crippen LogP contribution in [0.5, 0.6) is 0 Å². The van der Waals surface area contributed by atoms with Crippen LogP contribution in [0.1, 0.15) is 32.1 Å². The van der Waals surface area contributed by atoms with E-state index in [0.29, 0.717) is 24.3 Å². The number of hydrogen-bond acceptors (Lipinski definition) is 5. The Morgan fingerprint density at radius 2 is 1.95 bits per heavy atom. The van der Waals surface area contributed by atoms with E-state index >= 15 is 0 Å². The molecule has 0 amide bonds. The highest BCUT2D eigenvalue weighted by molar-refractivity contribution is 5.53. The van der Waals surface area contributed by atoms with Gasteiger partial charge in [0.2, 0.25) is 0 Å². The van der Waals surface area contributed by atoms with Gasteiger partial charge in [-0.05, 0) is 32.1 Å². The van der Waals surface area contributed by atoms with E-state index in [1.165, 1.54) is 6.42 Å². The quantitative estimate of drug-likeness (QED) is 0.736. The van der Waals surface area contributed by atoms with E-state index < -0.39 is 0 Å². The first kappa shape index (κ1) is 15.4. The fraction of sp³-hybridized carbons (Fsp3) is 0.938. The number of nitrogens with zero attached hydrogens (tertiary/aromatic N) is 1. The van der Waals surface area contributed by atoms with Gasteiger partial charge in [0.05, 0.1) is 18.8 Å². The number of carbonyl (C=O) groups is 1. The van der Waals surface area contributed by atoms with Gasteiger partial charge in [0.15, 0.2) is 0 Å². The summed E-state index contributed by atoms with van der Waals surface area (Å²) in [7, 11) is 1.80. The molecule has 2 aliphatic heterocycles. The minimum Gasteiger partial charge on any atom is -0.379 e. The molecular formula is C16H28N2O3. The minimum absolute atomic E-state index is 0.277. The van der Waals surface area contributed by atoms with Gasteiger partial charge >= 0.3 is 0 Å². The molecule has 2 saturated heterocycles. The van der Waals surface area contributed by atoms with Crippen LogP contribution in [0.25, 0.3) is 0 Å². The largest absolute Gasteiger partial charge is 0.379 e. The maximum atomic E-state index is 10.7. The van der Waals surface area contributed by atoms with Gasteiger partial charge in [0, 0.05) is 44.7 Å². The molecule has 3 rings (SSSR count). The Balaban J connectivity index is 1.31. The predicted molar refractivity (Wildman–Crippen MR) is 80.3 cm³/mol. The third-order valence-corrected chi connectivity index (χ3v) is 5.37. The second-order valence-electron chi connectivity index (χ2n) is 6.81. The third-order valence-electron chi connectivity index (χ3n) is 5.37. The molecule has 0 aromatic heterocycles. The van der Waals surface area contributed by atoms with Gasteiger partial charge in [0.1, 0.15) is 6.29 Å². The van der Waals surface area contributed by atoms with Crippen molar-refractivity contribution in [2.75, 3.05) is 33.4 Å². The first-order chi connectivity index (χ1) is 10.3. The molecule has 0 aromatic rings. The maximum Gasteiger partial charge on any atom is 0.123 e. The lowest BCUT2D eigenvalue weighted by Gasteiger charge is -2.42. The van der Waals surface area contributed by atoms with Crippen molar-refractivity contribution < 1.29 is 14.3 Å². The smallest absolute Gasteiger partial charge is 0.123 e. The minimum atomic E-state index is 0.277. The number of likely N-dealkylation sites (tertiary alicyclic amines) is 1. The lowest BCUT2D eigenvalue weighted by atomic mass is 9.88. The van der Waals surface area contributed by atoms with Crippen molar-refractivity contribution in [2.24, 2.45) is 5.92 Å². The average Bonchev–Trinajstić information content (AvgIpc) is 2.93. The van der Waals surface area contributed by atoms with E-state index in [1.54, 1.807) is 7.11 Å². The normalized spacial score (nSPS) is 38.3. The van der Waals surface area contributed by atoms with Crippen molar-refractivity contribution in [2.45, 2.75) is 56.4 Å². The van der Waals surface area contributed by atoms with E-state index in [2.05, 4.69) is 10.2 Å². The average molecular weight is 296 g/mol. The molecule has 0 bridgehead atoms. The van der Waals surface area contributed by atoms with Crippen LogP contribution in [0.2, 0.25) is 0 Å². The van der Waals surface area contributed by atoms with Crippen LogP contribution in [0.3, 0.4) is 0 Å². The highest BCUT2D eigenvalue weighted by Gasteiger charge is 2.36. The molecule has 2 atom stereocenters. The summed E-state index contributed by atoms with van der Waals surface area (Å²) in [6.07, 6.45) is 7.18. The highest BCUT2D eigenvalue weighted by Crippen LogP contribution is 2.26. The fourth-order valence-corrected chi connectivity index (χ4v) is 3.76. The first-order valence-electron chi connectivity index (χ1n) is 8.35. The van der Waals surface area contributed by atoms with Crippen molar-refractivity contribution in [3.63, 3.8) is 0 Å². The van der Waals surface area contributed by atoms with Gasteiger partial charge in [0.25, 0.3) is 0 Å². The second kappa shape index (κ2) is 7.18. The van der Waals surface area contributed by atoms with Crippen molar-refractivity contribution in [1.29, 1.82) is 0 Å². The zero-order valence-electron chi connectivity index (χ0n) is 13.0. The fourth-order valence-electron chi connectivity index (χ4n) is 3.76. The van der Waals surface area contributed by atoms with Gasteiger partial charge in [-0.15, -0.1) is 0 Å². The number of ether oxygens (including phenoxy) is 2. The Bertz CT molecular complexity index is 338. The Kier molecular flexibility index (Phi) is 5.27. The molecule has 3 fully saturated rings. The Morgan fingerprint density at radius 3 is 2.62 bits per heavy atom. The molecule has 1 saturated carbocycles. The number of methoxy groups -OCH3 is 1. The number of carbonyl (C=O) groups excluding carboxylic acids is 1. The zero-order chi connectivity index (χ0) is 14.7. The summed E-state index contributed by atoms with van der Waals surface area (Å²) in [6, 6.07) is 1.14. The molecule has 1 aliphatic carbocycles. The number of aldehydes is 1. The number of rotatable bonds is 6. The summed E-state index contributed by atoms with van der Waals surface area (Å²) in [5.74, 6) is 0.277. The second-order valence-corrected chi connectivity index (χ2v) is 6.81. The predicted octanol–water partition coefficient (Wildman–Crippen LogP) is 0.822. The van der Waals surface area contributed by atoms with Crippen LogP contribution in [0, 0.1) is 5.92 Å². The van der Waals surface area contributed by atoms with Crippen LogP contribution in [-0.4, -0.2) is 68.8 Å². The van der Waals surface area contributed by atoms with E-state index in [4.69, 9.17) is 9.47 Å². The van der Waals surface area contributed by atoms with Gasteiger partial charge in [-0.1, -0.05) is 0 Å². The van der Waals surface area contributed by atoms with Crippen molar-refractivity contribution in [3.8, 4) is 0 Å². The molecule has 3 aliphatic rings. The SMILES string of the molecule is COC1CN([C@@H]2CN[C@H](COC3CCC(C=O)CC3)C2)C1. The third kappa shape index (κ3) is 3.83. The topological polar surface area (TPSA) is 50.8 Å². The van der Waals surface area contributed by atoms with E-state index in [1.807, 2.05) is 0 Å². The van der Waals surface area contributed by atoms with Crippen molar-refractivity contribution in [3.05, 3.63) is 0 Å². The van der Waals surface area contributed by atoms with E-state index in [-0.39, 0.29) is 5.92 Å². The number of hydrogen-bond donors (Lipinski definition) is 1. The summed E-state index contributed by atoms with van der Waals surface area (Å²) < 4.78 is 11.4. The molecule has 0 radical (unpaired) electrons. The van der Waals surface area contributed by atoms with E-state index in [0.717, 1.165) is 58.2 Å². The maximum absolute atomic E-state index is 10.7. The van der Waals surface area contributed by atoms with Gasteiger partial charge < -0.3 is 19.6 Å². The van der Waals surface area contributed by atoms with E-state index in [9.17, 15) is 4.79 Å². The summed E-state index contributed by atoms with van der Waals surface area (Å²) in [4.78, 5) is 13.3. The number of nitrogens with one attached hydrogen (secondary N) is 1. The molecule has 0 spiro atoms. The van der Waals surface area contributed by atoms with Crippen LogP contribution < -0.4 is 5.32 Å². The summed E-state index contributed by atoms with van der Waals surface area (Å²) in [5.41, 5.74) is 0. The standard InChI is InChI=1S/C16H28N2O3/c1-20-16-8-18(9-16)14-6-13(17-7-14)11-21-15-4-2-12(10-19)3-5-15/h10,12-17H,2-9,11H2,1H3/t12?,13-,14-,15?/m0/s1. The van der Waals surface area contributed by atoms with Crippen LogP contribution >= 0.6 is 0 Å². The molecule has 5 nitrogen and oxygen atoms in total. The molecule has 1 N–H and O–H groups in total. The van der Waals surface area contributed by atoms with Crippen LogP contribution in [0.4, 0.5) is 0 Å². The summed E-state index contributed by atoms with van der Waals surface area (Å²) >= 11 is 0. The van der Waals surface area contributed by atoms with Crippen molar-refractivity contribution >= 4 is 6.29 Å². The summed E-state index contributed by atoms with van der Waals surface area (Å²) in [5, 5.41) is 3.58. The highest BCUT2D eigenvalue weighted by atomic mass is 16.5. The van der Waals surface area contributed by atoms with Crippen molar-refractivity contribution in [1.82, 2.24) is 10.2 Å². The lowest BCUT2D eigenvalue weighted by molar-refractivity contribution is -0.112. The molecule has 5 heteroatoms. The van der Waals surface area contributed by atoms with Gasteiger partial charge in [-0.3, -0.25) is 4.90 Å². The summed E-state index contributed by atoms with van der Waals surface area (Å²) in [6.45, 7) is 4.04. The Hall–Kier alpha value is -0.490.